The molecular weight excluding hydrogens is 346 g/mol. The molecule has 0 saturated carbocycles. The second-order valence-electron chi connectivity index (χ2n) is 7.45. The second kappa shape index (κ2) is 9.96. The van der Waals surface area contributed by atoms with Gasteiger partial charge in [-0.05, 0) is 67.4 Å². The van der Waals surface area contributed by atoms with Crippen LogP contribution < -0.4 is 12.4 Å². The molecule has 0 aliphatic carbocycles. The van der Waals surface area contributed by atoms with Gasteiger partial charge in [-0.2, -0.15) is 0 Å². The molecule has 1 fully saturated rings. The monoisotopic (exact) mass is 374 g/mol. The third-order valence-electron chi connectivity index (χ3n) is 5.39. The van der Waals surface area contributed by atoms with Crippen molar-refractivity contribution in [1.29, 1.82) is 0 Å². The molecule has 26 heavy (non-hydrogen) atoms. The molecule has 2 unspecified atom stereocenters. The van der Waals surface area contributed by atoms with Crippen LogP contribution in [0, 0.1) is 11.8 Å². The van der Waals surface area contributed by atoms with E-state index in [1.54, 1.807) is 12.1 Å². The van der Waals surface area contributed by atoms with Crippen molar-refractivity contribution in [3.63, 3.8) is 0 Å². The van der Waals surface area contributed by atoms with Gasteiger partial charge in [0, 0.05) is 6.54 Å². The first-order valence-electron chi connectivity index (χ1n) is 9.35. The van der Waals surface area contributed by atoms with E-state index in [1.165, 1.54) is 24.8 Å². The Balaban J connectivity index is 0.00000243. The quantitative estimate of drug-likeness (QED) is 0.793. The summed E-state index contributed by atoms with van der Waals surface area (Å²) in [6, 6.07) is 17.7. The van der Waals surface area contributed by atoms with E-state index in [0.717, 1.165) is 31.1 Å². The zero-order chi connectivity index (χ0) is 17.6. The maximum Gasteiger partial charge on any atom is 0.115 e. The third-order valence-corrected chi connectivity index (χ3v) is 5.39. The molecule has 2 N–H and O–H groups in total. The van der Waals surface area contributed by atoms with Crippen molar-refractivity contribution in [3.05, 3.63) is 65.7 Å². The molecule has 2 aromatic carbocycles. The zero-order valence-corrected chi connectivity index (χ0v) is 16.1. The molecule has 1 aliphatic heterocycles. The molecule has 1 heterocycles. The average molecular weight is 375 g/mol. The summed E-state index contributed by atoms with van der Waals surface area (Å²) in [6.07, 6.45) is 3.16. The number of benzene rings is 2. The Morgan fingerprint density at radius 1 is 1.00 bits per heavy atom. The van der Waals surface area contributed by atoms with Gasteiger partial charge < -0.3 is 27.5 Å². The molecule has 0 spiro atoms. The van der Waals surface area contributed by atoms with Crippen molar-refractivity contribution < 1.29 is 22.6 Å². The number of phenolic OH excluding ortho intramolecular Hbond substituents is 1. The van der Waals surface area contributed by atoms with Crippen LogP contribution >= 0.6 is 0 Å². The highest BCUT2D eigenvalue weighted by molar-refractivity contribution is 5.27. The predicted molar refractivity (Wildman–Crippen MR) is 102 cm³/mol. The fourth-order valence-electron chi connectivity index (χ4n) is 3.83. The Morgan fingerprint density at radius 3 is 2.23 bits per heavy atom. The molecule has 0 radical (unpaired) electrons. The minimum absolute atomic E-state index is 0. The van der Waals surface area contributed by atoms with Crippen LogP contribution in [0.25, 0.3) is 0 Å². The highest BCUT2D eigenvalue weighted by Gasteiger charge is 2.24. The highest BCUT2D eigenvalue weighted by atomic mass is 35.5. The Labute approximate surface area is 163 Å². The van der Waals surface area contributed by atoms with Gasteiger partial charge in [0.15, 0.2) is 0 Å². The summed E-state index contributed by atoms with van der Waals surface area (Å²) in [5.74, 6) is 1.19. The minimum atomic E-state index is -0.484. The van der Waals surface area contributed by atoms with Gasteiger partial charge in [0.1, 0.15) is 5.75 Å². The molecule has 4 heteroatoms. The fourth-order valence-corrected chi connectivity index (χ4v) is 3.83. The van der Waals surface area contributed by atoms with Gasteiger partial charge in [-0.3, -0.25) is 0 Å². The number of phenols is 1. The maximum atomic E-state index is 10.5. The van der Waals surface area contributed by atoms with E-state index in [2.05, 4.69) is 42.2 Å². The van der Waals surface area contributed by atoms with Crippen molar-refractivity contribution in [2.75, 3.05) is 19.6 Å². The largest absolute Gasteiger partial charge is 1.00 e. The van der Waals surface area contributed by atoms with Gasteiger partial charge in [0.25, 0.3) is 0 Å². The molecule has 0 bridgehead atoms. The summed E-state index contributed by atoms with van der Waals surface area (Å²) in [6.45, 7) is 5.25. The summed E-state index contributed by atoms with van der Waals surface area (Å²) in [5.41, 5.74) is 2.32. The van der Waals surface area contributed by atoms with E-state index in [1.807, 2.05) is 12.1 Å². The number of aliphatic hydroxyl groups is 1. The molecule has 3 rings (SSSR count). The van der Waals surface area contributed by atoms with Crippen LogP contribution in [0.5, 0.6) is 5.75 Å². The molecule has 2 aromatic rings. The highest BCUT2D eigenvalue weighted by Crippen LogP contribution is 2.27. The number of halogens is 1. The van der Waals surface area contributed by atoms with Crippen LogP contribution in [0.1, 0.15) is 37.0 Å². The Bertz CT molecular complexity index is 639. The van der Waals surface area contributed by atoms with Gasteiger partial charge in [0.05, 0.1) is 6.10 Å². The van der Waals surface area contributed by atoms with Crippen LogP contribution in [0.2, 0.25) is 0 Å². The van der Waals surface area contributed by atoms with E-state index in [-0.39, 0.29) is 24.1 Å². The molecule has 1 saturated heterocycles. The smallest absolute Gasteiger partial charge is 0.115 e. The third kappa shape index (κ3) is 5.73. The molecule has 2 atom stereocenters. The molecule has 0 amide bonds. The zero-order valence-electron chi connectivity index (χ0n) is 15.4. The Hall–Kier alpha value is -1.55. The first kappa shape index (κ1) is 20.8. The number of hydrogen-bond donors (Lipinski definition) is 2. The van der Waals surface area contributed by atoms with Crippen LogP contribution in [-0.2, 0) is 6.42 Å². The maximum absolute atomic E-state index is 10.5. The average Bonchev–Trinajstić information content (AvgIpc) is 2.64. The molecule has 1 aliphatic rings. The summed E-state index contributed by atoms with van der Waals surface area (Å²) in [5, 5.41) is 19.9. The Morgan fingerprint density at radius 2 is 1.62 bits per heavy atom. The standard InChI is InChI=1S/C22H29NO2.ClH/c1-17(22(25)20-7-9-21(24)10-8-20)16-23-13-11-19(12-14-23)15-18-5-3-2-4-6-18;/h2-10,17,19,22,24-25H,11-16H2,1H3;1H/p-1. The number of nitrogens with zero attached hydrogens (tertiary/aromatic N) is 1. The fraction of sp³-hybridized carbons (Fsp3) is 0.455. The number of likely N-dealkylation sites (tertiary alicyclic amines) is 1. The van der Waals surface area contributed by atoms with E-state index in [4.69, 9.17) is 0 Å². The van der Waals surface area contributed by atoms with Crippen LogP contribution in [-0.4, -0.2) is 34.7 Å². The number of piperidine rings is 1. The van der Waals surface area contributed by atoms with Crippen molar-refractivity contribution in [1.82, 2.24) is 4.90 Å². The summed E-state index contributed by atoms with van der Waals surface area (Å²) in [4.78, 5) is 2.48. The SMILES string of the molecule is CC(CN1CCC(Cc2ccccc2)CC1)C(O)c1ccc(O)cc1.[Cl-]. The molecule has 142 valence electrons. The lowest BCUT2D eigenvalue weighted by Crippen LogP contribution is -3.00. The van der Waals surface area contributed by atoms with Crippen LogP contribution in [0.4, 0.5) is 0 Å². The van der Waals surface area contributed by atoms with Gasteiger partial charge in [-0.25, -0.2) is 0 Å². The summed E-state index contributed by atoms with van der Waals surface area (Å²) < 4.78 is 0. The molecular formula is C22H29ClNO2-. The van der Waals surface area contributed by atoms with Gasteiger partial charge in [0.2, 0.25) is 0 Å². The number of aromatic hydroxyl groups is 1. The van der Waals surface area contributed by atoms with E-state index in [0.29, 0.717) is 0 Å². The molecule has 3 nitrogen and oxygen atoms in total. The predicted octanol–water partition coefficient (Wildman–Crippen LogP) is 1.02. The van der Waals surface area contributed by atoms with Crippen LogP contribution in [0.3, 0.4) is 0 Å². The number of aliphatic hydroxyl groups excluding tert-OH is 1. The van der Waals surface area contributed by atoms with Gasteiger partial charge in [-0.1, -0.05) is 49.4 Å². The van der Waals surface area contributed by atoms with Crippen molar-refractivity contribution in [2.24, 2.45) is 11.8 Å². The minimum Gasteiger partial charge on any atom is -1.00 e. The van der Waals surface area contributed by atoms with E-state index in [9.17, 15) is 10.2 Å². The van der Waals surface area contributed by atoms with Gasteiger partial charge in [-0.15, -0.1) is 0 Å². The summed E-state index contributed by atoms with van der Waals surface area (Å²) >= 11 is 0. The van der Waals surface area contributed by atoms with Crippen molar-refractivity contribution >= 4 is 0 Å². The Kier molecular flexibility index (Phi) is 7.95. The number of hydrogen-bond acceptors (Lipinski definition) is 3. The van der Waals surface area contributed by atoms with Crippen molar-refractivity contribution in [3.8, 4) is 5.75 Å². The lowest BCUT2D eigenvalue weighted by atomic mass is 9.89. The normalized spacial score (nSPS) is 18.1. The second-order valence-corrected chi connectivity index (χ2v) is 7.45. The topological polar surface area (TPSA) is 43.7 Å². The van der Waals surface area contributed by atoms with Crippen molar-refractivity contribution in [2.45, 2.75) is 32.3 Å². The van der Waals surface area contributed by atoms with E-state index >= 15 is 0 Å². The number of rotatable bonds is 6. The lowest BCUT2D eigenvalue weighted by Gasteiger charge is -2.34. The van der Waals surface area contributed by atoms with Crippen LogP contribution in [0.15, 0.2) is 54.6 Å². The lowest BCUT2D eigenvalue weighted by molar-refractivity contribution is -0.00000832. The first-order chi connectivity index (χ1) is 12.1. The summed E-state index contributed by atoms with van der Waals surface area (Å²) in [7, 11) is 0. The van der Waals surface area contributed by atoms with E-state index < -0.39 is 6.10 Å². The first-order valence-corrected chi connectivity index (χ1v) is 9.35. The van der Waals surface area contributed by atoms with Gasteiger partial charge >= 0.3 is 0 Å². The molecule has 0 aromatic heterocycles.